The quantitative estimate of drug-likeness (QED) is 0.756. The molecule has 2 aromatic rings. The van der Waals surface area contributed by atoms with Crippen molar-refractivity contribution in [2.75, 3.05) is 11.1 Å². The lowest BCUT2D eigenvalue weighted by Gasteiger charge is -2.18. The number of nitrogens with one attached hydrogen (secondary N) is 1. The summed E-state index contributed by atoms with van der Waals surface area (Å²) >= 11 is 5.98. The Morgan fingerprint density at radius 2 is 2.00 bits per heavy atom. The molecule has 0 heterocycles. The zero-order chi connectivity index (χ0) is 14.7. The molecular formula is C15H16ClN3O. The van der Waals surface area contributed by atoms with Crippen molar-refractivity contribution in [1.29, 1.82) is 0 Å². The van der Waals surface area contributed by atoms with Crippen LogP contribution in [0.1, 0.15) is 28.9 Å². The second-order valence-corrected chi connectivity index (χ2v) is 5.03. The van der Waals surface area contributed by atoms with Gasteiger partial charge in [-0.25, -0.2) is 0 Å². The predicted molar refractivity (Wildman–Crippen MR) is 82.9 cm³/mol. The molecule has 0 aromatic heterocycles. The number of carbonyl (C=O) groups excluding carboxylic acids is 1. The summed E-state index contributed by atoms with van der Waals surface area (Å²) in [6, 6.07) is 12.6. The van der Waals surface area contributed by atoms with E-state index in [1.165, 1.54) is 0 Å². The Balaban J connectivity index is 2.28. The molecule has 0 fully saturated rings. The Morgan fingerprint density at radius 1 is 1.25 bits per heavy atom. The van der Waals surface area contributed by atoms with Crippen LogP contribution in [0.4, 0.5) is 11.4 Å². The number of anilines is 2. The highest BCUT2D eigenvalue weighted by molar-refractivity contribution is 6.30. The van der Waals surface area contributed by atoms with E-state index in [1.54, 1.807) is 18.2 Å². The van der Waals surface area contributed by atoms with E-state index in [9.17, 15) is 4.79 Å². The van der Waals surface area contributed by atoms with Gasteiger partial charge in [-0.1, -0.05) is 23.7 Å². The molecule has 0 radical (unpaired) electrons. The van der Waals surface area contributed by atoms with Crippen LogP contribution in [0.3, 0.4) is 0 Å². The van der Waals surface area contributed by atoms with Crippen LogP contribution in [-0.2, 0) is 0 Å². The van der Waals surface area contributed by atoms with Gasteiger partial charge in [-0.05, 0) is 42.8 Å². The number of halogens is 1. The molecular weight excluding hydrogens is 274 g/mol. The fourth-order valence-electron chi connectivity index (χ4n) is 1.98. The summed E-state index contributed by atoms with van der Waals surface area (Å²) in [4.78, 5) is 11.5. The van der Waals surface area contributed by atoms with Gasteiger partial charge in [0, 0.05) is 22.4 Å². The minimum atomic E-state index is -0.516. The number of carbonyl (C=O) groups is 1. The molecule has 0 saturated heterocycles. The number of amides is 1. The number of nitrogens with two attached hydrogens (primary N) is 2. The molecule has 1 atom stereocenters. The number of hydrogen-bond donors (Lipinski definition) is 3. The Bertz CT molecular complexity index is 643. The summed E-state index contributed by atoms with van der Waals surface area (Å²) in [5.41, 5.74) is 13.6. The standard InChI is InChI=1S/C15H16ClN3O/c1-9(10-3-2-4-11(16)7-10)19-14-6-5-12(17)8-13(14)15(18)20/h2-9,19H,17H2,1H3,(H2,18,20). The fraction of sp³-hybridized carbons (Fsp3) is 0.133. The first-order chi connectivity index (χ1) is 9.47. The van der Waals surface area contributed by atoms with E-state index in [1.807, 2.05) is 31.2 Å². The lowest BCUT2D eigenvalue weighted by Crippen LogP contribution is -2.16. The van der Waals surface area contributed by atoms with E-state index in [0.29, 0.717) is 22.0 Å². The highest BCUT2D eigenvalue weighted by Gasteiger charge is 2.12. The molecule has 2 aromatic carbocycles. The molecule has 104 valence electrons. The molecule has 5 N–H and O–H groups in total. The molecule has 0 saturated carbocycles. The molecule has 5 heteroatoms. The van der Waals surface area contributed by atoms with Gasteiger partial charge in [0.1, 0.15) is 0 Å². The van der Waals surface area contributed by atoms with Crippen LogP contribution in [0.2, 0.25) is 5.02 Å². The van der Waals surface area contributed by atoms with Crippen molar-refractivity contribution < 1.29 is 4.79 Å². The first-order valence-electron chi connectivity index (χ1n) is 6.18. The number of rotatable bonds is 4. The summed E-state index contributed by atoms with van der Waals surface area (Å²) in [5, 5.41) is 3.92. The first-order valence-corrected chi connectivity index (χ1v) is 6.56. The van der Waals surface area contributed by atoms with Gasteiger partial charge < -0.3 is 16.8 Å². The van der Waals surface area contributed by atoms with E-state index >= 15 is 0 Å². The van der Waals surface area contributed by atoms with E-state index < -0.39 is 5.91 Å². The van der Waals surface area contributed by atoms with Crippen molar-refractivity contribution in [2.45, 2.75) is 13.0 Å². The van der Waals surface area contributed by atoms with E-state index in [4.69, 9.17) is 23.1 Å². The molecule has 1 amide bonds. The topological polar surface area (TPSA) is 81.1 Å². The maximum Gasteiger partial charge on any atom is 0.250 e. The molecule has 2 rings (SSSR count). The summed E-state index contributed by atoms with van der Waals surface area (Å²) in [5.74, 6) is -0.516. The van der Waals surface area contributed by atoms with Crippen molar-refractivity contribution >= 4 is 28.9 Å². The number of primary amides is 1. The van der Waals surface area contributed by atoms with Gasteiger partial charge in [0.25, 0.3) is 5.91 Å². The van der Waals surface area contributed by atoms with Gasteiger partial charge >= 0.3 is 0 Å². The zero-order valence-electron chi connectivity index (χ0n) is 11.1. The SMILES string of the molecule is CC(Nc1ccc(N)cc1C(N)=O)c1cccc(Cl)c1. The highest BCUT2D eigenvalue weighted by Crippen LogP contribution is 2.25. The minimum Gasteiger partial charge on any atom is -0.399 e. The third kappa shape index (κ3) is 3.22. The van der Waals surface area contributed by atoms with Crippen molar-refractivity contribution in [1.82, 2.24) is 0 Å². The van der Waals surface area contributed by atoms with Crippen LogP contribution in [0.25, 0.3) is 0 Å². The monoisotopic (exact) mass is 289 g/mol. The summed E-state index contributed by atoms with van der Waals surface area (Å²) in [7, 11) is 0. The van der Waals surface area contributed by atoms with Crippen molar-refractivity contribution in [2.24, 2.45) is 5.73 Å². The molecule has 0 aliphatic carbocycles. The Hall–Kier alpha value is -2.20. The lowest BCUT2D eigenvalue weighted by atomic mass is 10.1. The van der Waals surface area contributed by atoms with Gasteiger partial charge in [-0.2, -0.15) is 0 Å². The van der Waals surface area contributed by atoms with Crippen LogP contribution >= 0.6 is 11.6 Å². The molecule has 4 nitrogen and oxygen atoms in total. The van der Waals surface area contributed by atoms with E-state index in [2.05, 4.69) is 5.32 Å². The summed E-state index contributed by atoms with van der Waals surface area (Å²) in [6.45, 7) is 1.98. The van der Waals surface area contributed by atoms with E-state index in [-0.39, 0.29) is 6.04 Å². The second-order valence-electron chi connectivity index (χ2n) is 4.59. The average Bonchev–Trinajstić information content (AvgIpc) is 2.40. The van der Waals surface area contributed by atoms with Crippen molar-refractivity contribution in [3.8, 4) is 0 Å². The number of nitrogen functional groups attached to an aromatic ring is 1. The average molecular weight is 290 g/mol. The smallest absolute Gasteiger partial charge is 0.250 e. The Kier molecular flexibility index (Phi) is 4.15. The summed E-state index contributed by atoms with van der Waals surface area (Å²) < 4.78 is 0. The zero-order valence-corrected chi connectivity index (χ0v) is 11.8. The lowest BCUT2D eigenvalue weighted by molar-refractivity contribution is 0.100. The van der Waals surface area contributed by atoms with Gasteiger partial charge in [0.05, 0.1) is 5.56 Å². The van der Waals surface area contributed by atoms with Gasteiger partial charge in [-0.3, -0.25) is 4.79 Å². The third-order valence-electron chi connectivity index (χ3n) is 3.03. The van der Waals surface area contributed by atoms with Crippen LogP contribution in [0, 0.1) is 0 Å². The Labute approximate surface area is 122 Å². The molecule has 0 bridgehead atoms. The maximum atomic E-state index is 11.5. The molecule has 0 aliphatic rings. The second kappa shape index (κ2) is 5.84. The highest BCUT2D eigenvalue weighted by atomic mass is 35.5. The Morgan fingerprint density at radius 3 is 2.65 bits per heavy atom. The van der Waals surface area contributed by atoms with E-state index in [0.717, 1.165) is 5.56 Å². The maximum absolute atomic E-state index is 11.5. The van der Waals surface area contributed by atoms with Gasteiger partial charge in [0.15, 0.2) is 0 Å². The van der Waals surface area contributed by atoms with Crippen LogP contribution < -0.4 is 16.8 Å². The fourth-order valence-corrected chi connectivity index (χ4v) is 2.18. The molecule has 20 heavy (non-hydrogen) atoms. The van der Waals surface area contributed by atoms with Crippen LogP contribution in [0.5, 0.6) is 0 Å². The normalized spacial score (nSPS) is 11.9. The van der Waals surface area contributed by atoms with Gasteiger partial charge in [0.2, 0.25) is 0 Å². The number of hydrogen-bond acceptors (Lipinski definition) is 3. The largest absolute Gasteiger partial charge is 0.399 e. The van der Waals surface area contributed by atoms with Crippen LogP contribution in [-0.4, -0.2) is 5.91 Å². The summed E-state index contributed by atoms with van der Waals surface area (Å²) in [6.07, 6.45) is 0. The molecule has 0 spiro atoms. The minimum absolute atomic E-state index is 0.0181. The van der Waals surface area contributed by atoms with Crippen molar-refractivity contribution in [3.63, 3.8) is 0 Å². The predicted octanol–water partition coefficient (Wildman–Crippen LogP) is 3.19. The van der Waals surface area contributed by atoms with Crippen LogP contribution in [0.15, 0.2) is 42.5 Å². The number of benzene rings is 2. The molecule has 1 unspecified atom stereocenters. The first kappa shape index (κ1) is 14.2. The third-order valence-corrected chi connectivity index (χ3v) is 3.26. The van der Waals surface area contributed by atoms with Gasteiger partial charge in [-0.15, -0.1) is 0 Å². The molecule has 0 aliphatic heterocycles. The van der Waals surface area contributed by atoms with Crippen molar-refractivity contribution in [3.05, 3.63) is 58.6 Å².